The van der Waals surface area contributed by atoms with Crippen LogP contribution in [-0.4, -0.2) is 64.1 Å². The molecule has 0 aromatic heterocycles. The third-order valence-electron chi connectivity index (χ3n) is 4.03. The maximum atomic E-state index is 12.5. The smallest absolute Gasteiger partial charge is 0.324 e. The highest BCUT2D eigenvalue weighted by Crippen LogP contribution is 2.37. The van der Waals surface area contributed by atoms with Crippen LogP contribution in [0.15, 0.2) is 24.3 Å². The lowest BCUT2D eigenvalue weighted by molar-refractivity contribution is -0.138. The van der Waals surface area contributed by atoms with Crippen LogP contribution in [-0.2, 0) is 4.79 Å². The van der Waals surface area contributed by atoms with Crippen molar-refractivity contribution in [1.29, 1.82) is 0 Å². The van der Waals surface area contributed by atoms with Gasteiger partial charge in [0.1, 0.15) is 5.92 Å². The SMILES string of the molecule is O=C(O)C1CN(C(=O)N2CC(O)C(O)C2)c2ccccc21. The molecule has 0 saturated carbocycles. The first-order chi connectivity index (χ1) is 9.99. The second-order valence-electron chi connectivity index (χ2n) is 5.38. The van der Waals surface area contributed by atoms with Gasteiger partial charge in [-0.15, -0.1) is 0 Å². The Kier molecular flexibility index (Phi) is 3.30. The number of urea groups is 1. The van der Waals surface area contributed by atoms with Crippen LogP contribution in [0, 0.1) is 0 Å². The van der Waals surface area contributed by atoms with E-state index >= 15 is 0 Å². The van der Waals surface area contributed by atoms with Crippen molar-refractivity contribution in [3.05, 3.63) is 29.8 Å². The van der Waals surface area contributed by atoms with Gasteiger partial charge < -0.3 is 20.2 Å². The van der Waals surface area contributed by atoms with Crippen LogP contribution >= 0.6 is 0 Å². The van der Waals surface area contributed by atoms with Crippen LogP contribution in [0.5, 0.6) is 0 Å². The number of para-hydroxylation sites is 1. The standard InChI is InChI=1S/C14H16N2O5/c17-11-6-15(7-12(11)18)14(21)16-5-9(13(19)20)8-3-1-2-4-10(8)16/h1-4,9,11-12,17-18H,5-7H2,(H,19,20). The number of benzene rings is 1. The molecule has 3 unspecified atom stereocenters. The summed E-state index contributed by atoms with van der Waals surface area (Å²) in [5, 5.41) is 28.4. The van der Waals surface area contributed by atoms with E-state index in [0.29, 0.717) is 11.3 Å². The molecule has 3 rings (SSSR count). The molecule has 3 N–H and O–H groups in total. The van der Waals surface area contributed by atoms with Gasteiger partial charge in [-0.2, -0.15) is 0 Å². The van der Waals surface area contributed by atoms with Gasteiger partial charge in [-0.1, -0.05) is 18.2 Å². The monoisotopic (exact) mass is 292 g/mol. The summed E-state index contributed by atoms with van der Waals surface area (Å²) in [4.78, 5) is 26.6. The van der Waals surface area contributed by atoms with Crippen molar-refractivity contribution in [3.63, 3.8) is 0 Å². The number of aliphatic hydroxyl groups excluding tert-OH is 2. The minimum atomic E-state index is -0.973. The summed E-state index contributed by atoms with van der Waals surface area (Å²) in [6.07, 6.45) is -1.91. The Morgan fingerprint density at radius 2 is 1.67 bits per heavy atom. The van der Waals surface area contributed by atoms with Gasteiger partial charge in [0.15, 0.2) is 0 Å². The van der Waals surface area contributed by atoms with Gasteiger partial charge in [0.05, 0.1) is 25.3 Å². The Morgan fingerprint density at radius 1 is 1.05 bits per heavy atom. The van der Waals surface area contributed by atoms with Gasteiger partial charge in [0.2, 0.25) is 0 Å². The molecule has 1 aromatic rings. The van der Waals surface area contributed by atoms with Crippen molar-refractivity contribution in [1.82, 2.24) is 4.90 Å². The molecule has 0 aliphatic carbocycles. The number of carbonyl (C=O) groups is 2. The fourth-order valence-electron chi connectivity index (χ4n) is 2.90. The topological polar surface area (TPSA) is 101 Å². The Hall–Kier alpha value is -2.12. The first-order valence-corrected chi connectivity index (χ1v) is 6.73. The molecule has 7 heteroatoms. The number of carboxylic acid groups (broad SMARTS) is 1. The van der Waals surface area contributed by atoms with E-state index in [1.807, 2.05) is 0 Å². The van der Waals surface area contributed by atoms with Gasteiger partial charge >= 0.3 is 12.0 Å². The molecule has 112 valence electrons. The molecule has 1 saturated heterocycles. The van der Waals surface area contributed by atoms with Crippen LogP contribution in [0.3, 0.4) is 0 Å². The summed E-state index contributed by atoms with van der Waals surface area (Å²) >= 11 is 0. The van der Waals surface area contributed by atoms with E-state index in [-0.39, 0.29) is 25.7 Å². The zero-order valence-electron chi connectivity index (χ0n) is 11.2. The number of carboxylic acids is 1. The second kappa shape index (κ2) is 5.01. The lowest BCUT2D eigenvalue weighted by Gasteiger charge is -2.24. The van der Waals surface area contributed by atoms with E-state index < -0.39 is 24.1 Å². The summed E-state index contributed by atoms with van der Waals surface area (Å²) in [5.74, 6) is -1.72. The van der Waals surface area contributed by atoms with E-state index in [2.05, 4.69) is 0 Å². The highest BCUT2D eigenvalue weighted by atomic mass is 16.4. The van der Waals surface area contributed by atoms with Crippen molar-refractivity contribution in [2.75, 3.05) is 24.5 Å². The zero-order chi connectivity index (χ0) is 15.1. The number of hydrogen-bond acceptors (Lipinski definition) is 4. The third-order valence-corrected chi connectivity index (χ3v) is 4.03. The molecule has 1 fully saturated rings. The third kappa shape index (κ3) is 2.24. The van der Waals surface area contributed by atoms with Crippen LogP contribution in [0.25, 0.3) is 0 Å². The number of β-amino-alcohol motifs (C(OH)–C–C–N with tert-alkyl or cyclic N) is 2. The van der Waals surface area contributed by atoms with E-state index in [4.69, 9.17) is 0 Å². The number of anilines is 1. The molecule has 2 amide bonds. The summed E-state index contributed by atoms with van der Waals surface area (Å²) < 4.78 is 0. The van der Waals surface area contributed by atoms with E-state index in [1.165, 1.54) is 9.80 Å². The largest absolute Gasteiger partial charge is 0.481 e. The normalized spacial score (nSPS) is 27.8. The van der Waals surface area contributed by atoms with Gasteiger partial charge in [-0.3, -0.25) is 9.69 Å². The molecule has 0 spiro atoms. The first kappa shape index (κ1) is 13.8. The summed E-state index contributed by atoms with van der Waals surface area (Å²) in [6, 6.07) is 6.51. The molecular weight excluding hydrogens is 276 g/mol. The Morgan fingerprint density at radius 3 is 2.29 bits per heavy atom. The number of rotatable bonds is 1. The number of hydrogen-bond donors (Lipinski definition) is 3. The average Bonchev–Trinajstić information content (AvgIpc) is 3.00. The average molecular weight is 292 g/mol. The molecule has 2 aliphatic heterocycles. The number of aliphatic hydroxyl groups is 2. The maximum absolute atomic E-state index is 12.5. The lowest BCUT2D eigenvalue weighted by Crippen LogP contribution is -2.42. The van der Waals surface area contributed by atoms with E-state index in [0.717, 1.165) is 0 Å². The number of nitrogens with zero attached hydrogens (tertiary/aromatic N) is 2. The number of carbonyl (C=O) groups excluding carboxylic acids is 1. The quantitative estimate of drug-likeness (QED) is 0.667. The van der Waals surface area contributed by atoms with Crippen molar-refractivity contribution < 1.29 is 24.9 Å². The Labute approximate surface area is 121 Å². The van der Waals surface area contributed by atoms with E-state index in [9.17, 15) is 24.9 Å². The maximum Gasteiger partial charge on any atom is 0.324 e. The predicted molar refractivity (Wildman–Crippen MR) is 73.1 cm³/mol. The minimum Gasteiger partial charge on any atom is -0.481 e. The molecule has 2 aliphatic rings. The summed E-state index contributed by atoms with van der Waals surface area (Å²) in [6.45, 7) is 0.170. The molecule has 0 radical (unpaired) electrons. The van der Waals surface area contributed by atoms with Gasteiger partial charge in [-0.25, -0.2) is 4.79 Å². The van der Waals surface area contributed by atoms with Crippen molar-refractivity contribution in [3.8, 4) is 0 Å². The van der Waals surface area contributed by atoms with Crippen molar-refractivity contribution in [2.24, 2.45) is 0 Å². The van der Waals surface area contributed by atoms with Crippen LogP contribution in [0.4, 0.5) is 10.5 Å². The molecule has 0 bridgehead atoms. The number of aliphatic carboxylic acids is 1. The molecular formula is C14H16N2O5. The molecule has 1 aromatic carbocycles. The van der Waals surface area contributed by atoms with Crippen molar-refractivity contribution >= 4 is 17.7 Å². The molecule has 2 heterocycles. The Bertz CT molecular complexity index is 580. The minimum absolute atomic E-state index is 0.0520. The van der Waals surface area contributed by atoms with Gasteiger partial charge in [0.25, 0.3) is 0 Å². The number of fused-ring (bicyclic) bond motifs is 1. The highest BCUT2D eigenvalue weighted by molar-refractivity contribution is 5.98. The van der Waals surface area contributed by atoms with Gasteiger partial charge in [-0.05, 0) is 11.6 Å². The molecule has 7 nitrogen and oxygen atoms in total. The molecule has 21 heavy (non-hydrogen) atoms. The van der Waals surface area contributed by atoms with E-state index in [1.54, 1.807) is 24.3 Å². The fourth-order valence-corrected chi connectivity index (χ4v) is 2.90. The van der Waals surface area contributed by atoms with Crippen molar-refractivity contribution in [2.45, 2.75) is 18.1 Å². The Balaban J connectivity index is 1.87. The predicted octanol–water partition coefficient (Wildman–Crippen LogP) is -0.168. The van der Waals surface area contributed by atoms with Crippen LogP contribution < -0.4 is 4.90 Å². The second-order valence-corrected chi connectivity index (χ2v) is 5.38. The number of likely N-dealkylation sites (tertiary alicyclic amines) is 1. The molecule has 3 atom stereocenters. The first-order valence-electron chi connectivity index (χ1n) is 6.73. The summed E-state index contributed by atoms with van der Waals surface area (Å²) in [7, 11) is 0. The van der Waals surface area contributed by atoms with Crippen LogP contribution in [0.2, 0.25) is 0 Å². The van der Waals surface area contributed by atoms with Crippen LogP contribution in [0.1, 0.15) is 11.5 Å². The number of amides is 2. The summed E-state index contributed by atoms with van der Waals surface area (Å²) in [5.41, 5.74) is 1.18. The highest BCUT2D eigenvalue weighted by Gasteiger charge is 2.41. The zero-order valence-corrected chi connectivity index (χ0v) is 11.2. The van der Waals surface area contributed by atoms with Gasteiger partial charge in [0, 0.05) is 12.2 Å². The lowest BCUT2D eigenvalue weighted by atomic mass is 10.0. The fraction of sp³-hybridized carbons (Fsp3) is 0.429.